The van der Waals surface area contributed by atoms with Crippen LogP contribution in [0.3, 0.4) is 0 Å². The molecule has 0 aromatic rings. The highest BCUT2D eigenvalue weighted by Crippen LogP contribution is 1.71. The van der Waals surface area contributed by atoms with Gasteiger partial charge in [-0.25, -0.2) is 0 Å². The molecule has 46 valence electrons. The van der Waals surface area contributed by atoms with Crippen molar-refractivity contribution in [3.8, 4) is 0 Å². The lowest BCUT2D eigenvalue weighted by atomic mass is 10.6. The van der Waals surface area contributed by atoms with Crippen LogP contribution in [0.25, 0.3) is 0 Å². The summed E-state index contributed by atoms with van der Waals surface area (Å²) in [5.74, 6) is 0.505. The van der Waals surface area contributed by atoms with E-state index in [1.54, 1.807) is 13.0 Å². The molecule has 0 aliphatic carbocycles. The van der Waals surface area contributed by atoms with E-state index < -0.39 is 0 Å². The van der Waals surface area contributed by atoms with E-state index >= 15 is 0 Å². The number of hydrogen-bond acceptors (Lipinski definition) is 2. The molecule has 0 aliphatic heterocycles. The number of hydroxylamine groups is 1. The van der Waals surface area contributed by atoms with Gasteiger partial charge in [-0.3, -0.25) is 15.7 Å². The number of nitrogens with zero attached hydrogens (tertiary/aromatic N) is 1. The maximum Gasteiger partial charge on any atom is 0.117 e. The summed E-state index contributed by atoms with van der Waals surface area (Å²) in [6.45, 7) is 5.66. The van der Waals surface area contributed by atoms with Crippen LogP contribution >= 0.6 is 0 Å². The Bertz CT molecular complexity index is 98.6. The van der Waals surface area contributed by atoms with Gasteiger partial charge in [-0.1, -0.05) is 6.08 Å². The molecule has 2 N–H and O–H groups in total. The summed E-state index contributed by atoms with van der Waals surface area (Å²) in [6.07, 6.45) is 1.65. The first-order valence-electron chi connectivity index (χ1n) is 2.33. The number of nitrogens with one attached hydrogen (secondary N) is 1. The van der Waals surface area contributed by atoms with Crippen LogP contribution in [0, 0.1) is 0 Å². The lowest BCUT2D eigenvalue weighted by molar-refractivity contribution is 0.233. The molecule has 0 aromatic carbocycles. The van der Waals surface area contributed by atoms with Crippen LogP contribution in [-0.4, -0.2) is 17.6 Å². The molecule has 0 spiro atoms. The van der Waals surface area contributed by atoms with Gasteiger partial charge in [-0.2, -0.15) is 0 Å². The Morgan fingerprint density at radius 2 is 2.62 bits per heavy atom. The van der Waals surface area contributed by atoms with Crippen molar-refractivity contribution in [3.63, 3.8) is 0 Å². The lowest BCUT2D eigenvalue weighted by Gasteiger charge is -1.92. The van der Waals surface area contributed by atoms with Crippen molar-refractivity contribution in [3.05, 3.63) is 12.7 Å². The van der Waals surface area contributed by atoms with E-state index in [4.69, 9.17) is 5.21 Å². The number of aliphatic imine (C=N–C) groups is 1. The second-order valence-electron chi connectivity index (χ2n) is 1.33. The van der Waals surface area contributed by atoms with Crippen molar-refractivity contribution in [2.45, 2.75) is 6.92 Å². The van der Waals surface area contributed by atoms with Crippen LogP contribution < -0.4 is 5.48 Å². The van der Waals surface area contributed by atoms with E-state index in [2.05, 4.69) is 11.6 Å². The van der Waals surface area contributed by atoms with Gasteiger partial charge in [0.25, 0.3) is 0 Å². The fourth-order valence-electron chi connectivity index (χ4n) is 0.237. The Labute approximate surface area is 48.7 Å². The van der Waals surface area contributed by atoms with Gasteiger partial charge < -0.3 is 0 Å². The van der Waals surface area contributed by atoms with Crippen LogP contribution in [0.15, 0.2) is 17.6 Å². The van der Waals surface area contributed by atoms with Gasteiger partial charge in [0.05, 0.1) is 6.54 Å². The molecular formula is C5H10N2O. The first-order valence-corrected chi connectivity index (χ1v) is 2.33. The lowest BCUT2D eigenvalue weighted by Crippen LogP contribution is -2.14. The van der Waals surface area contributed by atoms with Crippen molar-refractivity contribution < 1.29 is 5.21 Å². The molecule has 0 saturated heterocycles. The number of hydrogen-bond donors (Lipinski definition) is 2. The molecule has 0 aliphatic rings. The van der Waals surface area contributed by atoms with Crippen molar-refractivity contribution in [1.29, 1.82) is 0 Å². The molecule has 0 unspecified atom stereocenters. The van der Waals surface area contributed by atoms with Gasteiger partial charge in [-0.15, -0.1) is 6.58 Å². The average Bonchev–Trinajstić information content (AvgIpc) is 1.83. The highest BCUT2D eigenvalue weighted by molar-refractivity contribution is 5.78. The average molecular weight is 114 g/mol. The Morgan fingerprint density at radius 3 is 3.00 bits per heavy atom. The smallest absolute Gasteiger partial charge is 0.117 e. The molecule has 0 amide bonds. The van der Waals surface area contributed by atoms with Gasteiger partial charge in [0, 0.05) is 0 Å². The molecule has 0 radical (unpaired) electrons. The number of rotatable bonds is 2. The normalized spacial score (nSPS) is 11.0. The maximum atomic E-state index is 8.15. The molecule has 0 heterocycles. The molecular weight excluding hydrogens is 104 g/mol. The van der Waals surface area contributed by atoms with Crippen LogP contribution in [0.5, 0.6) is 0 Å². The minimum Gasteiger partial charge on any atom is -0.290 e. The zero-order valence-electron chi connectivity index (χ0n) is 4.89. The predicted octanol–water partition coefficient (Wildman–Crippen LogP) is 0.570. The SMILES string of the molecule is C=CCN=C(C)NO. The molecule has 0 bridgehead atoms. The van der Waals surface area contributed by atoms with E-state index in [1.165, 1.54) is 0 Å². The van der Waals surface area contributed by atoms with Crippen LogP contribution in [-0.2, 0) is 0 Å². The molecule has 0 fully saturated rings. The highest BCUT2D eigenvalue weighted by atomic mass is 16.5. The summed E-state index contributed by atoms with van der Waals surface area (Å²) in [6, 6.07) is 0. The van der Waals surface area contributed by atoms with E-state index in [-0.39, 0.29) is 0 Å². The first-order chi connectivity index (χ1) is 3.81. The van der Waals surface area contributed by atoms with E-state index in [0.717, 1.165) is 0 Å². The van der Waals surface area contributed by atoms with Crippen LogP contribution in [0.1, 0.15) is 6.92 Å². The molecule has 0 aromatic heterocycles. The molecule has 0 rings (SSSR count). The van der Waals surface area contributed by atoms with E-state index in [1.807, 2.05) is 5.48 Å². The van der Waals surface area contributed by atoms with Gasteiger partial charge >= 0.3 is 0 Å². The van der Waals surface area contributed by atoms with E-state index in [9.17, 15) is 0 Å². The van der Waals surface area contributed by atoms with E-state index in [0.29, 0.717) is 12.4 Å². The third-order valence-electron chi connectivity index (χ3n) is 0.619. The van der Waals surface area contributed by atoms with Gasteiger partial charge in [0.2, 0.25) is 0 Å². The highest BCUT2D eigenvalue weighted by Gasteiger charge is 1.78. The second kappa shape index (κ2) is 4.33. The van der Waals surface area contributed by atoms with Gasteiger partial charge in [0.1, 0.15) is 5.84 Å². The monoisotopic (exact) mass is 114 g/mol. The maximum absolute atomic E-state index is 8.15. The molecule has 8 heavy (non-hydrogen) atoms. The minimum atomic E-state index is 0.505. The quantitative estimate of drug-likeness (QED) is 0.238. The first kappa shape index (κ1) is 7.17. The number of amidine groups is 1. The fourth-order valence-corrected chi connectivity index (χ4v) is 0.237. The Kier molecular flexibility index (Phi) is 3.88. The van der Waals surface area contributed by atoms with Crippen LogP contribution in [0.2, 0.25) is 0 Å². The zero-order chi connectivity index (χ0) is 6.41. The zero-order valence-corrected chi connectivity index (χ0v) is 4.89. The summed E-state index contributed by atoms with van der Waals surface area (Å²) >= 11 is 0. The van der Waals surface area contributed by atoms with Crippen LogP contribution in [0.4, 0.5) is 0 Å². The largest absolute Gasteiger partial charge is 0.290 e. The molecule has 3 nitrogen and oxygen atoms in total. The third-order valence-corrected chi connectivity index (χ3v) is 0.619. The Hall–Kier alpha value is -0.830. The predicted molar refractivity (Wildman–Crippen MR) is 33.1 cm³/mol. The van der Waals surface area contributed by atoms with Gasteiger partial charge in [0.15, 0.2) is 0 Å². The Balaban J connectivity index is 3.40. The molecule has 0 atom stereocenters. The molecule has 3 heteroatoms. The van der Waals surface area contributed by atoms with Crippen molar-refractivity contribution in [1.82, 2.24) is 5.48 Å². The summed E-state index contributed by atoms with van der Waals surface area (Å²) in [5.41, 5.74) is 1.90. The van der Waals surface area contributed by atoms with Crippen molar-refractivity contribution in [2.75, 3.05) is 6.54 Å². The minimum absolute atomic E-state index is 0.505. The van der Waals surface area contributed by atoms with Gasteiger partial charge in [-0.05, 0) is 6.92 Å². The summed E-state index contributed by atoms with van der Waals surface area (Å²) < 4.78 is 0. The second-order valence-corrected chi connectivity index (χ2v) is 1.33. The fraction of sp³-hybridized carbons (Fsp3) is 0.400. The van der Waals surface area contributed by atoms with Crippen molar-refractivity contribution in [2.24, 2.45) is 4.99 Å². The summed E-state index contributed by atoms with van der Waals surface area (Å²) in [4.78, 5) is 3.80. The summed E-state index contributed by atoms with van der Waals surface area (Å²) in [7, 11) is 0. The standard InChI is InChI=1S/C5H10N2O/c1-3-4-6-5(2)7-8/h3,8H,1,4H2,2H3,(H,6,7). The molecule has 0 saturated carbocycles. The van der Waals surface area contributed by atoms with Crippen molar-refractivity contribution >= 4 is 5.84 Å². The Morgan fingerprint density at radius 1 is 2.00 bits per heavy atom. The summed E-state index contributed by atoms with van der Waals surface area (Å²) in [5, 5.41) is 8.15. The third kappa shape index (κ3) is 3.36. The topological polar surface area (TPSA) is 44.6 Å².